The van der Waals surface area contributed by atoms with Crippen LogP contribution in [0.4, 0.5) is 0 Å². The number of carbonyl (C=O) groups is 1. The summed E-state index contributed by atoms with van der Waals surface area (Å²) in [4.78, 5) is 12.0. The number of nitrogens with zero attached hydrogens (tertiary/aromatic N) is 3. The molecule has 1 fully saturated rings. The molecule has 1 amide bonds. The van der Waals surface area contributed by atoms with E-state index in [9.17, 15) is 4.79 Å². The van der Waals surface area contributed by atoms with Gasteiger partial charge in [0.25, 0.3) is 0 Å². The fourth-order valence-electron chi connectivity index (χ4n) is 2.90. The van der Waals surface area contributed by atoms with Gasteiger partial charge in [-0.05, 0) is 12.8 Å². The molecule has 1 saturated heterocycles. The molecular formula is C14H23N5O2. The van der Waals surface area contributed by atoms with Crippen LogP contribution < -0.4 is 10.6 Å². The van der Waals surface area contributed by atoms with Gasteiger partial charge in [-0.15, -0.1) is 10.2 Å². The zero-order valence-electron chi connectivity index (χ0n) is 12.3. The van der Waals surface area contributed by atoms with Crippen LogP contribution in [0.3, 0.4) is 0 Å². The highest BCUT2D eigenvalue weighted by atomic mass is 16.5. The van der Waals surface area contributed by atoms with E-state index in [2.05, 4.69) is 25.4 Å². The number of ether oxygens (including phenoxy) is 1. The maximum absolute atomic E-state index is 12.0. The molecule has 0 spiro atoms. The highest BCUT2D eigenvalue weighted by Gasteiger charge is 2.18. The van der Waals surface area contributed by atoms with Gasteiger partial charge in [0.15, 0.2) is 5.82 Å². The number of morpholine rings is 1. The van der Waals surface area contributed by atoms with Crippen molar-refractivity contribution in [3.8, 4) is 0 Å². The molecule has 3 heterocycles. The molecule has 2 N–H and O–H groups in total. The van der Waals surface area contributed by atoms with Crippen LogP contribution in [0.5, 0.6) is 0 Å². The molecule has 7 nitrogen and oxygen atoms in total. The van der Waals surface area contributed by atoms with E-state index in [4.69, 9.17) is 4.74 Å². The zero-order chi connectivity index (χ0) is 14.5. The average Bonchev–Trinajstić information content (AvgIpc) is 2.73. The highest BCUT2D eigenvalue weighted by Crippen LogP contribution is 2.14. The van der Waals surface area contributed by atoms with Crippen LogP contribution in [-0.4, -0.2) is 46.5 Å². The predicted molar refractivity (Wildman–Crippen MR) is 76.7 cm³/mol. The molecule has 0 aromatic carbocycles. The van der Waals surface area contributed by atoms with Crippen LogP contribution >= 0.6 is 0 Å². The van der Waals surface area contributed by atoms with Gasteiger partial charge in [0.05, 0.1) is 19.8 Å². The summed E-state index contributed by atoms with van der Waals surface area (Å²) < 4.78 is 7.51. The minimum Gasteiger partial charge on any atom is -0.378 e. The lowest BCUT2D eigenvalue weighted by Gasteiger charge is -2.23. The topological polar surface area (TPSA) is 81.1 Å². The normalized spacial score (nSPS) is 22.4. The Balaban J connectivity index is 1.50. The molecule has 0 bridgehead atoms. The van der Waals surface area contributed by atoms with Crippen LogP contribution in [0.2, 0.25) is 0 Å². The van der Waals surface area contributed by atoms with Crippen LogP contribution in [-0.2, 0) is 29.0 Å². The number of aromatic nitrogens is 3. The minimum absolute atomic E-state index is 0.0315. The summed E-state index contributed by atoms with van der Waals surface area (Å²) in [5, 5.41) is 14.7. The number of nitrogens with one attached hydrogen (secondary N) is 2. The Kier molecular flexibility index (Phi) is 4.82. The first-order chi connectivity index (χ1) is 10.3. The van der Waals surface area contributed by atoms with Crippen molar-refractivity contribution in [2.24, 2.45) is 0 Å². The summed E-state index contributed by atoms with van der Waals surface area (Å²) in [6.45, 7) is 3.57. The number of rotatable bonds is 4. The standard InChI is InChI=1S/C14H23N5O2/c20-14(8-11-10-21-7-5-15-11)16-9-13-18-17-12-4-2-1-3-6-19(12)13/h11,15H,1-10H2,(H,16,20)/t11-/m0/s1. The van der Waals surface area contributed by atoms with E-state index < -0.39 is 0 Å². The van der Waals surface area contributed by atoms with E-state index in [-0.39, 0.29) is 11.9 Å². The molecule has 21 heavy (non-hydrogen) atoms. The molecule has 0 aliphatic carbocycles. The maximum Gasteiger partial charge on any atom is 0.222 e. The van der Waals surface area contributed by atoms with Gasteiger partial charge in [-0.25, -0.2) is 0 Å². The maximum atomic E-state index is 12.0. The largest absolute Gasteiger partial charge is 0.378 e. The summed E-state index contributed by atoms with van der Waals surface area (Å²) in [5.74, 6) is 1.95. The zero-order valence-corrected chi connectivity index (χ0v) is 12.3. The summed E-state index contributed by atoms with van der Waals surface area (Å²) in [6.07, 6.45) is 5.01. The number of carbonyl (C=O) groups excluding carboxylic acids is 1. The van der Waals surface area contributed by atoms with E-state index >= 15 is 0 Å². The van der Waals surface area contributed by atoms with Gasteiger partial charge in [-0.1, -0.05) is 6.42 Å². The Morgan fingerprint density at radius 3 is 3.19 bits per heavy atom. The lowest BCUT2D eigenvalue weighted by molar-refractivity contribution is -0.122. The predicted octanol–water partition coefficient (Wildman–Crippen LogP) is -0.000800. The van der Waals surface area contributed by atoms with Crippen molar-refractivity contribution in [2.45, 2.75) is 51.2 Å². The van der Waals surface area contributed by atoms with Gasteiger partial charge < -0.3 is 19.9 Å². The second-order valence-corrected chi connectivity index (χ2v) is 5.70. The summed E-state index contributed by atoms with van der Waals surface area (Å²) >= 11 is 0. The minimum atomic E-state index is 0.0315. The van der Waals surface area contributed by atoms with Gasteiger partial charge in [0.2, 0.25) is 5.91 Å². The highest BCUT2D eigenvalue weighted by molar-refractivity contribution is 5.76. The third-order valence-corrected chi connectivity index (χ3v) is 4.06. The molecule has 0 unspecified atom stereocenters. The van der Waals surface area contributed by atoms with Crippen molar-refractivity contribution >= 4 is 5.91 Å². The van der Waals surface area contributed by atoms with Crippen molar-refractivity contribution in [1.29, 1.82) is 0 Å². The van der Waals surface area contributed by atoms with E-state index in [0.717, 1.165) is 44.2 Å². The molecule has 0 radical (unpaired) electrons. The third kappa shape index (κ3) is 3.79. The number of aryl methyl sites for hydroxylation is 1. The van der Waals surface area contributed by atoms with Crippen molar-refractivity contribution in [3.05, 3.63) is 11.6 Å². The Morgan fingerprint density at radius 1 is 1.38 bits per heavy atom. The molecule has 116 valence electrons. The lowest BCUT2D eigenvalue weighted by atomic mass is 10.2. The Morgan fingerprint density at radius 2 is 2.33 bits per heavy atom. The fourth-order valence-corrected chi connectivity index (χ4v) is 2.90. The first kappa shape index (κ1) is 14.5. The monoisotopic (exact) mass is 293 g/mol. The fraction of sp³-hybridized carbons (Fsp3) is 0.786. The first-order valence-corrected chi connectivity index (χ1v) is 7.82. The Bertz CT molecular complexity index is 482. The van der Waals surface area contributed by atoms with Crippen LogP contribution in [0, 0.1) is 0 Å². The van der Waals surface area contributed by atoms with Crippen LogP contribution in [0.1, 0.15) is 37.3 Å². The number of fused-ring (bicyclic) bond motifs is 1. The molecule has 2 aliphatic rings. The molecule has 1 aromatic rings. The molecule has 1 atom stereocenters. The quantitative estimate of drug-likeness (QED) is 0.816. The summed E-state index contributed by atoms with van der Waals surface area (Å²) in [5.41, 5.74) is 0. The van der Waals surface area contributed by atoms with Gasteiger partial charge in [-0.2, -0.15) is 0 Å². The number of hydrogen-bond donors (Lipinski definition) is 2. The molecule has 7 heteroatoms. The van der Waals surface area contributed by atoms with Gasteiger partial charge in [0.1, 0.15) is 5.82 Å². The molecule has 1 aromatic heterocycles. The van der Waals surface area contributed by atoms with E-state index in [0.29, 0.717) is 19.6 Å². The third-order valence-electron chi connectivity index (χ3n) is 4.06. The SMILES string of the molecule is O=C(C[C@H]1COCCN1)NCc1nnc2n1CCCCC2. The van der Waals surface area contributed by atoms with Gasteiger partial charge in [0, 0.05) is 32.0 Å². The van der Waals surface area contributed by atoms with Crippen molar-refractivity contribution < 1.29 is 9.53 Å². The van der Waals surface area contributed by atoms with Crippen molar-refractivity contribution in [3.63, 3.8) is 0 Å². The van der Waals surface area contributed by atoms with Gasteiger partial charge >= 0.3 is 0 Å². The molecule has 0 saturated carbocycles. The Hall–Kier alpha value is -1.47. The summed E-state index contributed by atoms with van der Waals surface area (Å²) in [7, 11) is 0. The second kappa shape index (κ2) is 7.00. The molecule has 3 rings (SSSR count). The van der Waals surface area contributed by atoms with Gasteiger partial charge in [-0.3, -0.25) is 4.79 Å². The van der Waals surface area contributed by atoms with E-state index in [1.165, 1.54) is 12.8 Å². The number of amides is 1. The average molecular weight is 293 g/mol. The van der Waals surface area contributed by atoms with E-state index in [1.807, 2.05) is 0 Å². The van der Waals surface area contributed by atoms with Crippen molar-refractivity contribution in [1.82, 2.24) is 25.4 Å². The Labute approximate surface area is 124 Å². The van der Waals surface area contributed by atoms with Crippen LogP contribution in [0.15, 0.2) is 0 Å². The number of hydrogen-bond acceptors (Lipinski definition) is 5. The van der Waals surface area contributed by atoms with Crippen molar-refractivity contribution in [2.75, 3.05) is 19.8 Å². The lowest BCUT2D eigenvalue weighted by Crippen LogP contribution is -2.44. The van der Waals surface area contributed by atoms with Crippen LogP contribution in [0.25, 0.3) is 0 Å². The smallest absolute Gasteiger partial charge is 0.222 e. The second-order valence-electron chi connectivity index (χ2n) is 5.70. The summed E-state index contributed by atoms with van der Waals surface area (Å²) in [6, 6.07) is 0.120. The van der Waals surface area contributed by atoms with E-state index in [1.54, 1.807) is 0 Å². The first-order valence-electron chi connectivity index (χ1n) is 7.82. The molecule has 2 aliphatic heterocycles. The molecular weight excluding hydrogens is 270 g/mol.